The molecule has 6 heteroatoms. The van der Waals surface area contributed by atoms with Gasteiger partial charge in [0.2, 0.25) is 0 Å². The lowest BCUT2D eigenvalue weighted by molar-refractivity contribution is -0.142. The molecule has 0 aromatic heterocycles. The summed E-state index contributed by atoms with van der Waals surface area (Å²) in [7, 11) is 4.40. The standard InChI is InChI=1S/C13H19NO5/c1-17-10-4-5-11(12(7-10)18-2)14-8-9(15)6-13(16)19-3/h4-5,7,9,14-15H,6,8H2,1-3H3. The third kappa shape index (κ3) is 4.67. The summed E-state index contributed by atoms with van der Waals surface area (Å²) >= 11 is 0. The van der Waals surface area contributed by atoms with Crippen molar-refractivity contribution in [2.75, 3.05) is 33.2 Å². The number of methoxy groups -OCH3 is 3. The normalized spacial score (nSPS) is 11.6. The lowest BCUT2D eigenvalue weighted by atomic mass is 10.2. The van der Waals surface area contributed by atoms with E-state index >= 15 is 0 Å². The van der Waals surface area contributed by atoms with Crippen molar-refractivity contribution in [3.63, 3.8) is 0 Å². The molecule has 0 radical (unpaired) electrons. The Morgan fingerprint density at radius 3 is 2.63 bits per heavy atom. The molecule has 19 heavy (non-hydrogen) atoms. The van der Waals surface area contributed by atoms with Crippen LogP contribution in [0.4, 0.5) is 5.69 Å². The number of carbonyl (C=O) groups is 1. The number of aliphatic hydroxyl groups excluding tert-OH is 1. The molecule has 0 saturated heterocycles. The maximum absolute atomic E-state index is 11.0. The molecular weight excluding hydrogens is 250 g/mol. The average Bonchev–Trinajstić information content (AvgIpc) is 2.44. The molecule has 0 aliphatic carbocycles. The van der Waals surface area contributed by atoms with E-state index in [0.29, 0.717) is 17.2 Å². The van der Waals surface area contributed by atoms with Crippen LogP contribution in [0.5, 0.6) is 11.5 Å². The van der Waals surface area contributed by atoms with Gasteiger partial charge in [0.15, 0.2) is 0 Å². The Morgan fingerprint density at radius 2 is 2.05 bits per heavy atom. The van der Waals surface area contributed by atoms with Crippen LogP contribution in [0.2, 0.25) is 0 Å². The Kier molecular flexibility index (Phi) is 5.95. The molecule has 106 valence electrons. The molecule has 0 heterocycles. The lowest BCUT2D eigenvalue weighted by Gasteiger charge is -2.15. The van der Waals surface area contributed by atoms with E-state index in [0.717, 1.165) is 0 Å². The van der Waals surface area contributed by atoms with Crippen LogP contribution >= 0.6 is 0 Å². The number of benzene rings is 1. The molecule has 1 unspecified atom stereocenters. The van der Waals surface area contributed by atoms with Gasteiger partial charge in [0.1, 0.15) is 11.5 Å². The minimum atomic E-state index is -0.820. The number of esters is 1. The first kappa shape index (κ1) is 15.1. The van der Waals surface area contributed by atoms with Crippen molar-refractivity contribution in [2.45, 2.75) is 12.5 Å². The van der Waals surface area contributed by atoms with Gasteiger partial charge in [0, 0.05) is 12.6 Å². The van der Waals surface area contributed by atoms with E-state index in [1.165, 1.54) is 7.11 Å². The molecule has 0 fully saturated rings. The summed E-state index contributed by atoms with van der Waals surface area (Å²) in [6.07, 6.45) is -0.874. The van der Waals surface area contributed by atoms with E-state index in [4.69, 9.17) is 9.47 Å². The second-order valence-corrected chi connectivity index (χ2v) is 3.88. The Morgan fingerprint density at radius 1 is 1.32 bits per heavy atom. The van der Waals surface area contributed by atoms with Gasteiger partial charge in [-0.15, -0.1) is 0 Å². The first-order valence-corrected chi connectivity index (χ1v) is 5.81. The molecule has 1 aromatic carbocycles. The van der Waals surface area contributed by atoms with Gasteiger partial charge in [-0.1, -0.05) is 0 Å². The molecule has 0 amide bonds. The highest BCUT2D eigenvalue weighted by Gasteiger charge is 2.12. The van der Waals surface area contributed by atoms with Crippen LogP contribution in [0, 0.1) is 0 Å². The quantitative estimate of drug-likeness (QED) is 0.720. The van der Waals surface area contributed by atoms with Gasteiger partial charge in [-0.2, -0.15) is 0 Å². The molecule has 0 aliphatic heterocycles. The summed E-state index contributed by atoms with van der Waals surface area (Å²) in [5.74, 6) is 0.832. The fourth-order valence-corrected chi connectivity index (χ4v) is 1.52. The van der Waals surface area contributed by atoms with Gasteiger partial charge in [0.25, 0.3) is 0 Å². The number of hydrogen-bond donors (Lipinski definition) is 2. The first-order valence-electron chi connectivity index (χ1n) is 5.81. The molecular formula is C13H19NO5. The van der Waals surface area contributed by atoms with Crippen LogP contribution in [-0.4, -0.2) is 45.1 Å². The molecule has 2 N–H and O–H groups in total. The van der Waals surface area contributed by atoms with Gasteiger partial charge in [0.05, 0.1) is 39.5 Å². The summed E-state index contributed by atoms with van der Waals surface area (Å²) < 4.78 is 14.8. The first-order chi connectivity index (χ1) is 9.10. The predicted molar refractivity (Wildman–Crippen MR) is 70.7 cm³/mol. The highest BCUT2D eigenvalue weighted by atomic mass is 16.5. The summed E-state index contributed by atoms with van der Waals surface area (Å²) in [6.45, 7) is 0.220. The van der Waals surface area contributed by atoms with Crippen LogP contribution < -0.4 is 14.8 Å². The van der Waals surface area contributed by atoms with Crippen molar-refractivity contribution in [3.8, 4) is 11.5 Å². The number of aliphatic hydroxyl groups is 1. The monoisotopic (exact) mass is 269 g/mol. The van der Waals surface area contributed by atoms with E-state index in [9.17, 15) is 9.90 Å². The SMILES string of the molecule is COC(=O)CC(O)CNc1ccc(OC)cc1OC. The van der Waals surface area contributed by atoms with Crippen LogP contribution in [0.25, 0.3) is 0 Å². The smallest absolute Gasteiger partial charge is 0.308 e. The molecule has 0 aliphatic rings. The van der Waals surface area contributed by atoms with Crippen molar-refractivity contribution in [3.05, 3.63) is 18.2 Å². The Hall–Kier alpha value is -1.95. The summed E-state index contributed by atoms with van der Waals surface area (Å²) in [5.41, 5.74) is 0.715. The second-order valence-electron chi connectivity index (χ2n) is 3.88. The largest absolute Gasteiger partial charge is 0.497 e. The topological polar surface area (TPSA) is 77.0 Å². The number of nitrogens with one attached hydrogen (secondary N) is 1. The maximum atomic E-state index is 11.0. The number of carbonyl (C=O) groups excluding carboxylic acids is 1. The fraction of sp³-hybridized carbons (Fsp3) is 0.462. The third-order valence-corrected chi connectivity index (χ3v) is 2.57. The molecule has 1 aromatic rings. The van der Waals surface area contributed by atoms with Crippen LogP contribution in [0.3, 0.4) is 0 Å². The average molecular weight is 269 g/mol. The summed E-state index contributed by atoms with van der Waals surface area (Å²) in [6, 6.07) is 5.29. The van der Waals surface area contributed by atoms with Crippen molar-refractivity contribution in [2.24, 2.45) is 0 Å². The number of rotatable bonds is 7. The fourth-order valence-electron chi connectivity index (χ4n) is 1.52. The highest BCUT2D eigenvalue weighted by molar-refractivity contribution is 5.69. The predicted octanol–water partition coefficient (Wildman–Crippen LogP) is 1.04. The Bertz CT molecular complexity index is 421. The van der Waals surface area contributed by atoms with E-state index < -0.39 is 12.1 Å². The molecule has 6 nitrogen and oxygen atoms in total. The van der Waals surface area contributed by atoms with Crippen molar-refractivity contribution < 1.29 is 24.1 Å². The van der Waals surface area contributed by atoms with E-state index in [2.05, 4.69) is 10.1 Å². The summed E-state index contributed by atoms with van der Waals surface area (Å²) in [4.78, 5) is 11.0. The number of anilines is 1. The molecule has 1 atom stereocenters. The minimum Gasteiger partial charge on any atom is -0.497 e. The zero-order valence-electron chi connectivity index (χ0n) is 11.3. The zero-order valence-corrected chi connectivity index (χ0v) is 11.3. The molecule has 0 saturated carbocycles. The van der Waals surface area contributed by atoms with Crippen molar-refractivity contribution in [1.82, 2.24) is 0 Å². The number of hydrogen-bond acceptors (Lipinski definition) is 6. The minimum absolute atomic E-state index is 0.0536. The maximum Gasteiger partial charge on any atom is 0.308 e. The lowest BCUT2D eigenvalue weighted by Crippen LogP contribution is -2.23. The van der Waals surface area contributed by atoms with Gasteiger partial charge < -0.3 is 24.6 Å². The molecule has 0 spiro atoms. The van der Waals surface area contributed by atoms with Crippen molar-refractivity contribution in [1.29, 1.82) is 0 Å². The second kappa shape index (κ2) is 7.48. The Balaban J connectivity index is 2.59. The Labute approximate surface area is 112 Å². The zero-order chi connectivity index (χ0) is 14.3. The summed E-state index contributed by atoms with van der Waals surface area (Å²) in [5, 5.41) is 12.7. The van der Waals surface area contributed by atoms with E-state index in [-0.39, 0.29) is 13.0 Å². The van der Waals surface area contributed by atoms with Crippen molar-refractivity contribution >= 4 is 11.7 Å². The van der Waals surface area contributed by atoms with Crippen LogP contribution in [0.15, 0.2) is 18.2 Å². The van der Waals surface area contributed by atoms with Gasteiger partial charge in [-0.3, -0.25) is 4.79 Å². The third-order valence-electron chi connectivity index (χ3n) is 2.57. The molecule has 0 bridgehead atoms. The van der Waals surface area contributed by atoms with Gasteiger partial charge in [-0.05, 0) is 12.1 Å². The number of ether oxygens (including phenoxy) is 3. The molecule has 1 rings (SSSR count). The van der Waals surface area contributed by atoms with E-state index in [1.807, 2.05) is 0 Å². The van der Waals surface area contributed by atoms with Gasteiger partial charge >= 0.3 is 5.97 Å². The van der Waals surface area contributed by atoms with Gasteiger partial charge in [-0.25, -0.2) is 0 Å². The highest BCUT2D eigenvalue weighted by Crippen LogP contribution is 2.28. The van der Waals surface area contributed by atoms with E-state index in [1.54, 1.807) is 32.4 Å². The van der Waals surface area contributed by atoms with Crippen LogP contribution in [-0.2, 0) is 9.53 Å². The van der Waals surface area contributed by atoms with Crippen LogP contribution in [0.1, 0.15) is 6.42 Å².